The summed E-state index contributed by atoms with van der Waals surface area (Å²) in [6.07, 6.45) is 0. The van der Waals surface area contributed by atoms with Gasteiger partial charge in [0.2, 0.25) is 15.9 Å². The molecule has 106 valence electrons. The molecule has 0 aliphatic rings. The van der Waals surface area contributed by atoms with Crippen LogP contribution in [0.15, 0.2) is 23.1 Å². The summed E-state index contributed by atoms with van der Waals surface area (Å²) < 4.78 is 25.7. The standard InChI is InChI=1S/C13H20N2O3S/c1-9-6-7-10(19(17,18)14-5)8-11(9)15-12(16)13(2,3)4/h6-8,14H,1-5H3,(H,15,16). The molecule has 0 unspecified atom stereocenters. The van der Waals surface area contributed by atoms with Crippen molar-refractivity contribution >= 4 is 21.6 Å². The van der Waals surface area contributed by atoms with Crippen molar-refractivity contribution in [1.29, 1.82) is 0 Å². The van der Waals surface area contributed by atoms with Gasteiger partial charge in [0.05, 0.1) is 4.90 Å². The van der Waals surface area contributed by atoms with Gasteiger partial charge in [-0.15, -0.1) is 0 Å². The van der Waals surface area contributed by atoms with Crippen molar-refractivity contribution in [2.24, 2.45) is 5.41 Å². The van der Waals surface area contributed by atoms with Crippen LogP contribution in [0.3, 0.4) is 0 Å². The minimum absolute atomic E-state index is 0.129. The molecule has 0 fully saturated rings. The van der Waals surface area contributed by atoms with E-state index in [9.17, 15) is 13.2 Å². The highest BCUT2D eigenvalue weighted by molar-refractivity contribution is 7.89. The number of aryl methyl sites for hydroxylation is 1. The zero-order chi connectivity index (χ0) is 14.8. The van der Waals surface area contributed by atoms with Crippen LogP contribution in [0.4, 0.5) is 5.69 Å². The number of benzene rings is 1. The summed E-state index contributed by atoms with van der Waals surface area (Å²) in [4.78, 5) is 12.1. The smallest absolute Gasteiger partial charge is 0.240 e. The molecule has 0 atom stereocenters. The van der Waals surface area contributed by atoms with Crippen molar-refractivity contribution in [3.05, 3.63) is 23.8 Å². The van der Waals surface area contributed by atoms with Gasteiger partial charge in [-0.3, -0.25) is 4.79 Å². The molecule has 5 nitrogen and oxygen atoms in total. The summed E-state index contributed by atoms with van der Waals surface area (Å²) >= 11 is 0. The molecule has 1 aromatic rings. The topological polar surface area (TPSA) is 75.3 Å². The third-order valence-electron chi connectivity index (χ3n) is 2.72. The zero-order valence-corrected chi connectivity index (χ0v) is 12.7. The number of sulfonamides is 1. The molecule has 1 amide bonds. The van der Waals surface area contributed by atoms with E-state index in [0.717, 1.165) is 5.56 Å². The number of amides is 1. The molecule has 0 aliphatic carbocycles. The highest BCUT2D eigenvalue weighted by atomic mass is 32.2. The Morgan fingerprint density at radius 1 is 1.21 bits per heavy atom. The summed E-state index contributed by atoms with van der Waals surface area (Å²) in [6, 6.07) is 4.64. The molecule has 2 N–H and O–H groups in total. The van der Waals surface area contributed by atoms with Gasteiger partial charge >= 0.3 is 0 Å². The zero-order valence-electron chi connectivity index (χ0n) is 11.9. The van der Waals surface area contributed by atoms with Gasteiger partial charge in [-0.05, 0) is 31.7 Å². The van der Waals surface area contributed by atoms with Gasteiger partial charge in [0.1, 0.15) is 0 Å². The molecule has 0 bridgehead atoms. The Labute approximate surface area is 114 Å². The van der Waals surface area contributed by atoms with Crippen molar-refractivity contribution < 1.29 is 13.2 Å². The summed E-state index contributed by atoms with van der Waals surface area (Å²) in [5.74, 6) is -0.158. The number of carbonyl (C=O) groups is 1. The quantitative estimate of drug-likeness (QED) is 0.890. The van der Waals surface area contributed by atoms with Gasteiger partial charge in [-0.25, -0.2) is 13.1 Å². The van der Waals surface area contributed by atoms with Crippen LogP contribution in [0.5, 0.6) is 0 Å². The summed E-state index contributed by atoms with van der Waals surface area (Å²) in [5, 5.41) is 2.76. The maximum atomic E-state index is 11.9. The van der Waals surface area contributed by atoms with Gasteiger partial charge in [-0.2, -0.15) is 0 Å². The first kappa shape index (κ1) is 15.7. The van der Waals surface area contributed by atoms with Gasteiger partial charge in [0.25, 0.3) is 0 Å². The molecular formula is C13H20N2O3S. The Balaban J connectivity index is 3.16. The van der Waals surface area contributed by atoms with E-state index in [1.165, 1.54) is 19.2 Å². The van der Waals surface area contributed by atoms with Gasteiger partial charge < -0.3 is 5.32 Å². The second-order valence-electron chi connectivity index (χ2n) is 5.39. The van der Waals surface area contributed by atoms with Crippen LogP contribution in [0.25, 0.3) is 0 Å². The summed E-state index contributed by atoms with van der Waals surface area (Å²) in [5.41, 5.74) is 0.786. The minimum Gasteiger partial charge on any atom is -0.325 e. The predicted molar refractivity (Wildman–Crippen MR) is 75.5 cm³/mol. The Morgan fingerprint density at radius 2 is 1.79 bits per heavy atom. The molecule has 0 aromatic heterocycles. The van der Waals surface area contributed by atoms with E-state index < -0.39 is 15.4 Å². The maximum Gasteiger partial charge on any atom is 0.240 e. The number of nitrogens with one attached hydrogen (secondary N) is 2. The van der Waals surface area contributed by atoms with Crippen molar-refractivity contribution in [3.8, 4) is 0 Å². The Bertz CT molecular complexity index is 586. The highest BCUT2D eigenvalue weighted by Crippen LogP contribution is 2.23. The Morgan fingerprint density at radius 3 is 2.26 bits per heavy atom. The second kappa shape index (κ2) is 5.30. The Kier molecular flexibility index (Phi) is 4.37. The van der Waals surface area contributed by atoms with E-state index in [2.05, 4.69) is 10.0 Å². The van der Waals surface area contributed by atoms with E-state index in [4.69, 9.17) is 0 Å². The average molecular weight is 284 g/mol. The SMILES string of the molecule is CNS(=O)(=O)c1ccc(C)c(NC(=O)C(C)(C)C)c1. The van der Waals surface area contributed by atoms with Gasteiger partial charge in [0, 0.05) is 11.1 Å². The van der Waals surface area contributed by atoms with Crippen molar-refractivity contribution in [2.75, 3.05) is 12.4 Å². The number of rotatable bonds is 3. The molecule has 0 spiro atoms. The van der Waals surface area contributed by atoms with E-state index in [1.54, 1.807) is 26.8 Å². The second-order valence-corrected chi connectivity index (χ2v) is 7.27. The van der Waals surface area contributed by atoms with Crippen LogP contribution in [-0.2, 0) is 14.8 Å². The van der Waals surface area contributed by atoms with E-state index in [0.29, 0.717) is 5.69 Å². The fourth-order valence-electron chi connectivity index (χ4n) is 1.33. The highest BCUT2D eigenvalue weighted by Gasteiger charge is 2.22. The van der Waals surface area contributed by atoms with Crippen LogP contribution >= 0.6 is 0 Å². The van der Waals surface area contributed by atoms with Crippen molar-refractivity contribution in [2.45, 2.75) is 32.6 Å². The Hall–Kier alpha value is -1.40. The van der Waals surface area contributed by atoms with Crippen LogP contribution < -0.4 is 10.0 Å². The van der Waals surface area contributed by atoms with E-state index in [1.807, 2.05) is 6.92 Å². The molecule has 0 saturated heterocycles. The third-order valence-corrected chi connectivity index (χ3v) is 4.13. The molecule has 0 saturated carbocycles. The largest absolute Gasteiger partial charge is 0.325 e. The van der Waals surface area contributed by atoms with Crippen LogP contribution in [0, 0.1) is 12.3 Å². The predicted octanol–water partition coefficient (Wildman–Crippen LogP) is 1.89. The molecular weight excluding hydrogens is 264 g/mol. The number of anilines is 1. The lowest BCUT2D eigenvalue weighted by Crippen LogP contribution is -2.28. The average Bonchev–Trinajstić information content (AvgIpc) is 2.30. The normalized spacial score (nSPS) is 12.3. The number of hydrogen-bond donors (Lipinski definition) is 2. The first-order chi connectivity index (χ1) is 8.58. The molecule has 0 aliphatic heterocycles. The fraction of sp³-hybridized carbons (Fsp3) is 0.462. The first-order valence-electron chi connectivity index (χ1n) is 5.93. The summed E-state index contributed by atoms with van der Waals surface area (Å²) in [7, 11) is -2.16. The lowest BCUT2D eigenvalue weighted by molar-refractivity contribution is -0.123. The van der Waals surface area contributed by atoms with Crippen LogP contribution in [0.2, 0.25) is 0 Å². The molecule has 1 rings (SSSR count). The maximum absolute atomic E-state index is 11.9. The molecule has 6 heteroatoms. The number of carbonyl (C=O) groups excluding carboxylic acids is 1. The first-order valence-corrected chi connectivity index (χ1v) is 7.42. The lowest BCUT2D eigenvalue weighted by Gasteiger charge is -2.19. The minimum atomic E-state index is -3.51. The number of hydrogen-bond acceptors (Lipinski definition) is 3. The van der Waals surface area contributed by atoms with Crippen molar-refractivity contribution in [3.63, 3.8) is 0 Å². The fourth-order valence-corrected chi connectivity index (χ4v) is 2.09. The van der Waals surface area contributed by atoms with Crippen molar-refractivity contribution in [1.82, 2.24) is 4.72 Å². The molecule has 0 heterocycles. The molecule has 1 aromatic carbocycles. The molecule has 0 radical (unpaired) electrons. The van der Waals surface area contributed by atoms with Gasteiger partial charge in [0.15, 0.2) is 0 Å². The summed E-state index contributed by atoms with van der Waals surface area (Å²) in [6.45, 7) is 7.21. The third kappa shape index (κ3) is 3.78. The van der Waals surface area contributed by atoms with E-state index >= 15 is 0 Å². The lowest BCUT2D eigenvalue weighted by atomic mass is 9.95. The van der Waals surface area contributed by atoms with Gasteiger partial charge in [-0.1, -0.05) is 26.8 Å². The van der Waals surface area contributed by atoms with E-state index in [-0.39, 0.29) is 10.8 Å². The monoisotopic (exact) mass is 284 g/mol. The van der Waals surface area contributed by atoms with Crippen LogP contribution in [-0.4, -0.2) is 21.4 Å². The molecule has 19 heavy (non-hydrogen) atoms. The van der Waals surface area contributed by atoms with Crippen LogP contribution in [0.1, 0.15) is 26.3 Å².